The van der Waals surface area contributed by atoms with Gasteiger partial charge in [0.1, 0.15) is 5.52 Å². The van der Waals surface area contributed by atoms with Gasteiger partial charge in [-0.3, -0.25) is 4.79 Å². The Balaban J connectivity index is 1.47. The largest absolute Gasteiger partial charge is 0.370 e. The Morgan fingerprint density at radius 2 is 1.92 bits per heavy atom. The van der Waals surface area contributed by atoms with E-state index >= 15 is 0 Å². The summed E-state index contributed by atoms with van der Waals surface area (Å²) in [5.41, 5.74) is 4.11. The molecule has 6 heteroatoms. The number of rotatable bonds is 3. The Morgan fingerprint density at radius 1 is 1.08 bits per heavy atom. The topological polar surface area (TPSA) is 64.3 Å². The van der Waals surface area contributed by atoms with Crippen LogP contribution in [0.4, 0.5) is 11.4 Å². The molecule has 2 aromatic carbocycles. The van der Waals surface area contributed by atoms with Crippen LogP contribution in [0, 0.1) is 0 Å². The number of fused-ring (bicyclic) bond motifs is 1. The maximum absolute atomic E-state index is 12.6. The second-order valence-electron chi connectivity index (χ2n) is 6.75. The molecular weight excluding hydrogens is 326 g/mol. The van der Waals surface area contributed by atoms with Crippen molar-refractivity contribution in [3.05, 3.63) is 54.4 Å². The zero-order valence-corrected chi connectivity index (χ0v) is 14.9. The number of hydrogen-bond donors (Lipinski definition) is 2. The summed E-state index contributed by atoms with van der Waals surface area (Å²) in [7, 11) is 2.17. The first-order valence-electron chi connectivity index (χ1n) is 8.98. The molecule has 2 heterocycles. The summed E-state index contributed by atoms with van der Waals surface area (Å²) in [5, 5.41) is 2.97. The van der Waals surface area contributed by atoms with Crippen LogP contribution >= 0.6 is 0 Å². The minimum Gasteiger partial charge on any atom is -0.370 e. The molecule has 6 nitrogen and oxygen atoms in total. The molecule has 0 spiro atoms. The number of benzene rings is 2. The molecule has 1 amide bonds. The zero-order valence-electron chi connectivity index (χ0n) is 14.9. The number of aromatic nitrogens is 2. The lowest BCUT2D eigenvalue weighted by atomic mass is 10.1. The minimum absolute atomic E-state index is 0.146. The van der Waals surface area contributed by atoms with Crippen LogP contribution in [0.15, 0.2) is 48.8 Å². The summed E-state index contributed by atoms with van der Waals surface area (Å²) in [6, 6.07) is 13.6. The number of carbonyl (C=O) groups is 1. The Bertz CT molecular complexity index is 902. The van der Waals surface area contributed by atoms with E-state index in [-0.39, 0.29) is 5.91 Å². The molecule has 2 N–H and O–H groups in total. The molecule has 0 unspecified atom stereocenters. The molecule has 3 aromatic rings. The second kappa shape index (κ2) is 7.17. The van der Waals surface area contributed by atoms with Gasteiger partial charge in [-0.25, -0.2) is 4.98 Å². The van der Waals surface area contributed by atoms with E-state index in [1.54, 1.807) is 12.4 Å². The van der Waals surface area contributed by atoms with Gasteiger partial charge in [-0.1, -0.05) is 6.07 Å². The lowest BCUT2D eigenvalue weighted by molar-refractivity contribution is 0.102. The SMILES string of the molecule is CN1CCCN(c2ccc(NC(=O)c3cccc4[nH]cnc34)cc2)CC1. The Morgan fingerprint density at radius 3 is 2.77 bits per heavy atom. The standard InChI is InChI=1S/C20H23N5O/c1-24-10-3-11-25(13-12-24)16-8-6-15(7-9-16)23-20(26)17-4-2-5-18-19(17)22-14-21-18/h2,4-9,14H,3,10-13H2,1H3,(H,21,22)(H,23,26). The average Bonchev–Trinajstić information content (AvgIpc) is 3.04. The fraction of sp³-hybridized carbons (Fsp3) is 0.300. The van der Waals surface area contributed by atoms with Crippen LogP contribution in [0.3, 0.4) is 0 Å². The second-order valence-corrected chi connectivity index (χ2v) is 6.75. The normalized spacial score (nSPS) is 15.8. The van der Waals surface area contributed by atoms with Crippen LogP contribution in [0.25, 0.3) is 11.0 Å². The molecule has 0 aliphatic carbocycles. The molecule has 134 valence electrons. The van der Waals surface area contributed by atoms with E-state index in [9.17, 15) is 4.79 Å². The first kappa shape index (κ1) is 16.6. The highest BCUT2D eigenvalue weighted by molar-refractivity contribution is 6.11. The number of para-hydroxylation sites is 1. The van der Waals surface area contributed by atoms with Gasteiger partial charge in [0.15, 0.2) is 0 Å². The van der Waals surface area contributed by atoms with E-state index in [1.165, 1.54) is 12.1 Å². The molecule has 4 rings (SSSR count). The zero-order chi connectivity index (χ0) is 17.9. The molecular formula is C20H23N5O. The van der Waals surface area contributed by atoms with E-state index in [2.05, 4.69) is 44.3 Å². The third-order valence-electron chi connectivity index (χ3n) is 4.90. The Kier molecular flexibility index (Phi) is 4.58. The van der Waals surface area contributed by atoms with Crippen molar-refractivity contribution in [3.8, 4) is 0 Å². The third-order valence-corrected chi connectivity index (χ3v) is 4.90. The molecule has 0 atom stereocenters. The first-order chi connectivity index (χ1) is 12.7. The fourth-order valence-corrected chi connectivity index (χ4v) is 3.41. The number of nitrogens with one attached hydrogen (secondary N) is 2. The van der Waals surface area contributed by atoms with Crippen molar-refractivity contribution in [2.24, 2.45) is 0 Å². The van der Waals surface area contributed by atoms with E-state index in [1.807, 2.05) is 24.3 Å². The highest BCUT2D eigenvalue weighted by Gasteiger charge is 2.14. The van der Waals surface area contributed by atoms with Crippen molar-refractivity contribution >= 4 is 28.3 Å². The Hall–Kier alpha value is -2.86. The van der Waals surface area contributed by atoms with Gasteiger partial charge in [0.2, 0.25) is 0 Å². The fourth-order valence-electron chi connectivity index (χ4n) is 3.41. The maximum Gasteiger partial charge on any atom is 0.257 e. The van der Waals surface area contributed by atoms with Crippen LogP contribution in [-0.2, 0) is 0 Å². The average molecular weight is 349 g/mol. The predicted octanol–water partition coefficient (Wildman–Crippen LogP) is 2.96. The molecule has 1 fully saturated rings. The highest BCUT2D eigenvalue weighted by atomic mass is 16.1. The molecule has 1 aliphatic heterocycles. The molecule has 0 saturated carbocycles. The molecule has 1 aliphatic rings. The van der Waals surface area contributed by atoms with Crippen LogP contribution in [0.1, 0.15) is 16.8 Å². The number of carbonyl (C=O) groups excluding carboxylic acids is 1. The number of hydrogen-bond acceptors (Lipinski definition) is 4. The number of H-pyrrole nitrogens is 1. The van der Waals surface area contributed by atoms with Crippen molar-refractivity contribution in [1.29, 1.82) is 0 Å². The van der Waals surface area contributed by atoms with Gasteiger partial charge >= 0.3 is 0 Å². The summed E-state index contributed by atoms with van der Waals surface area (Å²) in [6.07, 6.45) is 2.78. The molecule has 26 heavy (non-hydrogen) atoms. The van der Waals surface area contributed by atoms with Crippen molar-refractivity contribution in [1.82, 2.24) is 14.9 Å². The van der Waals surface area contributed by atoms with Gasteiger partial charge in [-0.05, 0) is 56.4 Å². The van der Waals surface area contributed by atoms with Gasteiger partial charge in [0, 0.05) is 31.0 Å². The lowest BCUT2D eigenvalue weighted by Gasteiger charge is -2.23. The summed E-state index contributed by atoms with van der Waals surface area (Å²) in [5.74, 6) is -0.146. The quantitative estimate of drug-likeness (QED) is 0.763. The molecule has 0 radical (unpaired) electrons. The van der Waals surface area contributed by atoms with Crippen LogP contribution in [0.2, 0.25) is 0 Å². The monoisotopic (exact) mass is 349 g/mol. The molecule has 1 aromatic heterocycles. The molecule has 1 saturated heterocycles. The predicted molar refractivity (Wildman–Crippen MR) is 105 cm³/mol. The Labute approximate surface area is 152 Å². The number of aromatic amines is 1. The van der Waals surface area contributed by atoms with Crippen molar-refractivity contribution in [3.63, 3.8) is 0 Å². The smallest absolute Gasteiger partial charge is 0.257 e. The summed E-state index contributed by atoms with van der Waals surface area (Å²) in [6.45, 7) is 4.32. The summed E-state index contributed by atoms with van der Waals surface area (Å²) in [4.78, 5) is 24.7. The maximum atomic E-state index is 12.6. The van der Waals surface area contributed by atoms with Crippen LogP contribution < -0.4 is 10.2 Å². The van der Waals surface area contributed by atoms with Crippen molar-refractivity contribution in [2.75, 3.05) is 43.4 Å². The number of nitrogens with zero attached hydrogens (tertiary/aromatic N) is 3. The number of amides is 1. The van der Waals surface area contributed by atoms with Gasteiger partial charge in [0.25, 0.3) is 5.91 Å². The molecule has 0 bridgehead atoms. The van der Waals surface area contributed by atoms with Crippen molar-refractivity contribution < 1.29 is 4.79 Å². The van der Waals surface area contributed by atoms with Gasteiger partial charge in [0.05, 0.1) is 17.4 Å². The van der Waals surface area contributed by atoms with Gasteiger partial charge in [-0.15, -0.1) is 0 Å². The van der Waals surface area contributed by atoms with Crippen molar-refractivity contribution in [2.45, 2.75) is 6.42 Å². The van der Waals surface area contributed by atoms with Gasteiger partial charge < -0.3 is 20.1 Å². The van der Waals surface area contributed by atoms with E-state index in [4.69, 9.17) is 0 Å². The summed E-state index contributed by atoms with van der Waals surface area (Å²) < 4.78 is 0. The van der Waals surface area contributed by atoms with Gasteiger partial charge in [-0.2, -0.15) is 0 Å². The number of imidazole rings is 1. The summed E-state index contributed by atoms with van der Waals surface area (Å²) >= 11 is 0. The van der Waals surface area contributed by atoms with Crippen LogP contribution in [0.5, 0.6) is 0 Å². The van der Waals surface area contributed by atoms with E-state index < -0.39 is 0 Å². The lowest BCUT2D eigenvalue weighted by Crippen LogP contribution is -2.28. The minimum atomic E-state index is -0.146. The van der Waals surface area contributed by atoms with E-state index in [0.717, 1.165) is 37.4 Å². The van der Waals surface area contributed by atoms with E-state index in [0.29, 0.717) is 11.1 Å². The van der Waals surface area contributed by atoms with Crippen LogP contribution in [-0.4, -0.2) is 54.0 Å². The number of anilines is 2. The first-order valence-corrected chi connectivity index (χ1v) is 8.98. The third kappa shape index (κ3) is 3.41. The highest BCUT2D eigenvalue weighted by Crippen LogP contribution is 2.21. The number of likely N-dealkylation sites (N-methyl/N-ethyl adjacent to an activating group) is 1.